The van der Waals surface area contributed by atoms with Gasteiger partial charge in [0.2, 0.25) is 5.91 Å². The van der Waals surface area contributed by atoms with Gasteiger partial charge in [-0.2, -0.15) is 0 Å². The Balaban J connectivity index is 1.52. The number of nitrogens with zero attached hydrogens (tertiary/aromatic N) is 4. The van der Waals surface area contributed by atoms with E-state index >= 15 is 0 Å². The zero-order chi connectivity index (χ0) is 22.2. The second kappa shape index (κ2) is 8.82. The monoisotopic (exact) mass is 450 g/mol. The van der Waals surface area contributed by atoms with Crippen LogP contribution in [0.4, 0.5) is 16.3 Å². The Hall–Kier alpha value is -2.06. The molecule has 2 amide bonds. The maximum Gasteiger partial charge on any atom is 0.412 e. The molecule has 4 rings (SSSR count). The molecule has 0 aliphatic carbocycles. The summed E-state index contributed by atoms with van der Waals surface area (Å²) in [6.07, 6.45) is 4.99. The fraction of sp³-hybridized carbons (Fsp3) is 0.682. The first kappa shape index (κ1) is 22.1. The Morgan fingerprint density at radius 3 is 2.71 bits per heavy atom. The molecular weight excluding hydrogens is 420 g/mol. The lowest BCUT2D eigenvalue weighted by molar-refractivity contribution is -0.139. The molecule has 1 aromatic heterocycles. The van der Waals surface area contributed by atoms with Crippen LogP contribution in [0, 0.1) is 5.41 Å². The summed E-state index contributed by atoms with van der Waals surface area (Å²) >= 11 is 6.57. The van der Waals surface area contributed by atoms with Gasteiger partial charge in [-0.1, -0.05) is 11.6 Å². The molecule has 8 nitrogen and oxygen atoms in total. The molecule has 9 heteroatoms. The Morgan fingerprint density at radius 2 is 2.06 bits per heavy atom. The van der Waals surface area contributed by atoms with Crippen molar-refractivity contribution in [2.24, 2.45) is 5.41 Å². The minimum Gasteiger partial charge on any atom is -0.465 e. The number of carboxylic acid groups (broad SMARTS) is 1. The zero-order valence-electron chi connectivity index (χ0n) is 18.2. The Morgan fingerprint density at radius 1 is 1.32 bits per heavy atom. The summed E-state index contributed by atoms with van der Waals surface area (Å²) in [5.41, 5.74) is 0.0660. The van der Waals surface area contributed by atoms with Crippen LogP contribution in [0.2, 0.25) is 5.02 Å². The van der Waals surface area contributed by atoms with Crippen LogP contribution in [0.15, 0.2) is 12.3 Å². The highest BCUT2D eigenvalue weighted by Crippen LogP contribution is 2.43. The lowest BCUT2D eigenvalue weighted by Gasteiger charge is -2.41. The Labute approximate surface area is 188 Å². The van der Waals surface area contributed by atoms with Crippen molar-refractivity contribution in [1.82, 2.24) is 9.88 Å². The predicted octanol–water partition coefficient (Wildman–Crippen LogP) is 3.63. The lowest BCUT2D eigenvalue weighted by Crippen LogP contribution is -2.50. The molecule has 1 atom stereocenters. The number of halogens is 1. The quantitative estimate of drug-likeness (QED) is 0.753. The minimum absolute atomic E-state index is 0.230. The molecule has 1 aromatic rings. The van der Waals surface area contributed by atoms with Crippen LogP contribution in [0.25, 0.3) is 0 Å². The number of amides is 2. The van der Waals surface area contributed by atoms with Crippen LogP contribution in [-0.4, -0.2) is 71.9 Å². The van der Waals surface area contributed by atoms with Crippen molar-refractivity contribution < 1.29 is 19.4 Å². The van der Waals surface area contributed by atoms with Crippen molar-refractivity contribution in [2.75, 3.05) is 42.6 Å². The van der Waals surface area contributed by atoms with Gasteiger partial charge in [0.15, 0.2) is 0 Å². The largest absolute Gasteiger partial charge is 0.465 e. The summed E-state index contributed by atoms with van der Waals surface area (Å²) in [4.78, 5) is 35.0. The van der Waals surface area contributed by atoms with Crippen LogP contribution < -0.4 is 9.80 Å². The number of hydrogen-bond acceptors (Lipinski definition) is 5. The molecule has 31 heavy (non-hydrogen) atoms. The Kier molecular flexibility index (Phi) is 6.30. The highest BCUT2D eigenvalue weighted by atomic mass is 35.5. The van der Waals surface area contributed by atoms with Gasteiger partial charge in [-0.25, -0.2) is 9.78 Å². The van der Waals surface area contributed by atoms with Gasteiger partial charge < -0.3 is 19.6 Å². The molecular formula is C22H31ClN4O4. The van der Waals surface area contributed by atoms with E-state index in [1.54, 1.807) is 26.1 Å². The number of pyridine rings is 1. The third-order valence-electron chi connectivity index (χ3n) is 6.86. The van der Waals surface area contributed by atoms with Crippen LogP contribution in [0.1, 0.15) is 46.0 Å². The van der Waals surface area contributed by atoms with Crippen LogP contribution in [0.3, 0.4) is 0 Å². The first-order valence-corrected chi connectivity index (χ1v) is 11.5. The summed E-state index contributed by atoms with van der Waals surface area (Å²) in [5.74, 6) is 0.879. The smallest absolute Gasteiger partial charge is 0.412 e. The normalized spacial score (nSPS) is 25.0. The van der Waals surface area contributed by atoms with Crippen LogP contribution in [0.5, 0.6) is 0 Å². The van der Waals surface area contributed by atoms with Gasteiger partial charge >= 0.3 is 6.09 Å². The molecule has 0 bridgehead atoms. The molecule has 0 unspecified atom stereocenters. The lowest BCUT2D eigenvalue weighted by atomic mass is 9.78. The zero-order valence-corrected chi connectivity index (χ0v) is 19.0. The molecule has 3 aliphatic rings. The van der Waals surface area contributed by atoms with Gasteiger partial charge in [-0.3, -0.25) is 9.69 Å². The number of piperidine rings is 1. The molecule has 1 spiro atoms. The van der Waals surface area contributed by atoms with Crippen molar-refractivity contribution in [3.8, 4) is 0 Å². The van der Waals surface area contributed by atoms with E-state index in [2.05, 4.69) is 14.8 Å². The standard InChI is InChI=1S/C22H31ClN4O4/c1-15(2)27(21(29)30)17-12-18(23)19(24-13-17)25-8-3-6-22(14-25)7-9-26(20(22)28)16-4-10-31-11-5-16/h12-13,15-16H,3-11,14H2,1-2H3,(H,29,30)/t22-/m0/s1. The van der Waals surface area contributed by atoms with Gasteiger partial charge in [0.25, 0.3) is 0 Å². The van der Waals surface area contributed by atoms with E-state index in [-0.39, 0.29) is 23.4 Å². The van der Waals surface area contributed by atoms with Crippen LogP contribution >= 0.6 is 11.6 Å². The van der Waals surface area contributed by atoms with E-state index in [1.807, 2.05) is 0 Å². The van der Waals surface area contributed by atoms with Gasteiger partial charge in [-0.15, -0.1) is 0 Å². The van der Waals surface area contributed by atoms with Gasteiger partial charge in [0.05, 0.1) is 22.3 Å². The Bertz CT molecular complexity index is 845. The van der Waals surface area contributed by atoms with Gasteiger partial charge in [0, 0.05) is 44.9 Å². The van der Waals surface area contributed by atoms with Crippen molar-refractivity contribution in [3.63, 3.8) is 0 Å². The van der Waals surface area contributed by atoms with Crippen molar-refractivity contribution in [1.29, 1.82) is 0 Å². The van der Waals surface area contributed by atoms with E-state index < -0.39 is 6.09 Å². The first-order chi connectivity index (χ1) is 14.8. The third-order valence-corrected chi connectivity index (χ3v) is 7.14. The van der Waals surface area contributed by atoms with Crippen molar-refractivity contribution in [3.05, 3.63) is 17.3 Å². The first-order valence-electron chi connectivity index (χ1n) is 11.1. The van der Waals surface area contributed by atoms with Gasteiger partial charge in [0.1, 0.15) is 5.82 Å². The van der Waals surface area contributed by atoms with E-state index in [4.69, 9.17) is 16.3 Å². The number of carbonyl (C=O) groups excluding carboxylic acids is 1. The number of carbonyl (C=O) groups is 2. The molecule has 1 N–H and O–H groups in total. The van der Waals surface area contributed by atoms with E-state index in [9.17, 15) is 14.7 Å². The van der Waals surface area contributed by atoms with E-state index in [0.29, 0.717) is 23.1 Å². The number of hydrogen-bond donors (Lipinski definition) is 1. The summed E-state index contributed by atoms with van der Waals surface area (Å²) in [7, 11) is 0. The van der Waals surface area contributed by atoms with Crippen LogP contribution in [-0.2, 0) is 9.53 Å². The number of rotatable bonds is 4. The average molecular weight is 451 g/mol. The molecule has 3 aliphatic heterocycles. The highest BCUT2D eigenvalue weighted by molar-refractivity contribution is 6.33. The minimum atomic E-state index is -1.04. The average Bonchev–Trinajstić information content (AvgIpc) is 3.04. The van der Waals surface area contributed by atoms with Crippen molar-refractivity contribution >= 4 is 35.1 Å². The molecule has 0 saturated carbocycles. The summed E-state index contributed by atoms with van der Waals surface area (Å²) in [5, 5.41) is 9.91. The number of anilines is 2. The fourth-order valence-corrected chi connectivity index (χ4v) is 5.58. The summed E-state index contributed by atoms with van der Waals surface area (Å²) < 4.78 is 5.47. The van der Waals surface area contributed by atoms with Gasteiger partial charge in [-0.05, 0) is 52.0 Å². The fourth-order valence-electron chi connectivity index (χ4n) is 5.30. The summed E-state index contributed by atoms with van der Waals surface area (Å²) in [6, 6.07) is 1.71. The van der Waals surface area contributed by atoms with Crippen molar-refractivity contribution in [2.45, 2.75) is 58.0 Å². The number of aromatic nitrogens is 1. The molecule has 3 saturated heterocycles. The number of likely N-dealkylation sites (tertiary alicyclic amines) is 1. The van der Waals surface area contributed by atoms with E-state index in [0.717, 1.165) is 58.4 Å². The highest BCUT2D eigenvalue weighted by Gasteiger charge is 2.50. The predicted molar refractivity (Wildman–Crippen MR) is 119 cm³/mol. The second-order valence-corrected chi connectivity index (χ2v) is 9.55. The third kappa shape index (κ3) is 4.20. The molecule has 0 aromatic carbocycles. The SMILES string of the molecule is CC(C)N(C(=O)O)c1cnc(N2CCC[C@]3(CCN(C4CCOCC4)C3=O)C2)c(Cl)c1. The molecule has 4 heterocycles. The maximum atomic E-state index is 13.5. The maximum absolute atomic E-state index is 13.5. The topological polar surface area (TPSA) is 86.2 Å². The second-order valence-electron chi connectivity index (χ2n) is 9.14. The molecule has 170 valence electrons. The van der Waals surface area contributed by atoms with E-state index in [1.165, 1.54) is 4.90 Å². The molecule has 0 radical (unpaired) electrons. The number of ether oxygens (including phenoxy) is 1. The summed E-state index contributed by atoms with van der Waals surface area (Å²) in [6.45, 7) is 7.25. The molecule has 3 fully saturated rings.